The van der Waals surface area contributed by atoms with E-state index in [4.69, 9.17) is 10.2 Å². The Hall–Kier alpha value is -5.70. The van der Waals surface area contributed by atoms with Crippen molar-refractivity contribution in [2.24, 2.45) is 0 Å². The molecule has 206 valence electrons. The van der Waals surface area contributed by atoms with Crippen molar-refractivity contribution in [1.29, 1.82) is 0 Å². The first-order chi connectivity index (χ1) is 19.5. The predicted molar refractivity (Wildman–Crippen MR) is 156 cm³/mol. The molecule has 0 aliphatic carbocycles. The highest BCUT2D eigenvalue weighted by Gasteiger charge is 2.17. The maximum Gasteiger partial charge on any atom is 0.339 e. The Kier molecular flexibility index (Phi) is 8.29. The highest BCUT2D eigenvalue weighted by Crippen LogP contribution is 2.23. The lowest BCUT2D eigenvalue weighted by Crippen LogP contribution is -2.27. The molecule has 0 radical (unpaired) electrons. The molecule has 0 aliphatic heterocycles. The van der Waals surface area contributed by atoms with Crippen molar-refractivity contribution < 1.29 is 34.5 Å². The van der Waals surface area contributed by atoms with E-state index in [1.807, 2.05) is 12.1 Å². The van der Waals surface area contributed by atoms with Crippen LogP contribution in [-0.4, -0.2) is 53.2 Å². The minimum atomic E-state index is -1.21. The van der Waals surface area contributed by atoms with Gasteiger partial charge < -0.3 is 25.1 Å². The molecule has 0 spiro atoms. The van der Waals surface area contributed by atoms with E-state index in [0.29, 0.717) is 28.1 Å². The lowest BCUT2D eigenvalue weighted by molar-refractivity contribution is 0.0684. The summed E-state index contributed by atoms with van der Waals surface area (Å²) in [6.07, 6.45) is 3.52. The van der Waals surface area contributed by atoms with Crippen LogP contribution in [0.1, 0.15) is 52.6 Å². The highest BCUT2D eigenvalue weighted by atomic mass is 16.4. The Balaban J connectivity index is 1.41. The second-order valence-corrected chi connectivity index (χ2v) is 9.16. The number of benzene rings is 4. The second kappa shape index (κ2) is 12.0. The average molecular weight is 551 g/mol. The summed E-state index contributed by atoms with van der Waals surface area (Å²) in [6, 6.07) is 23.8. The minimum absolute atomic E-state index is 0.0902. The van der Waals surface area contributed by atoms with Gasteiger partial charge in [0.1, 0.15) is 11.3 Å². The Morgan fingerprint density at radius 2 is 0.976 bits per heavy atom. The molecule has 0 aromatic heterocycles. The van der Waals surface area contributed by atoms with Gasteiger partial charge in [0.15, 0.2) is 0 Å². The Morgan fingerprint density at radius 3 is 1.46 bits per heavy atom. The fraction of sp³-hybridized carbons (Fsp3) is 0.0625. The number of nitrogens with zero attached hydrogens (tertiary/aromatic N) is 2. The zero-order valence-electron chi connectivity index (χ0n) is 22.2. The van der Waals surface area contributed by atoms with Crippen molar-refractivity contribution in [1.82, 2.24) is 0 Å². The number of carboxylic acid groups (broad SMARTS) is 2. The predicted octanol–water partition coefficient (Wildman–Crippen LogP) is 5.51. The van der Waals surface area contributed by atoms with Gasteiger partial charge in [-0.05, 0) is 83.9 Å². The zero-order valence-corrected chi connectivity index (χ0v) is 22.2. The van der Waals surface area contributed by atoms with E-state index < -0.39 is 11.9 Å². The summed E-state index contributed by atoms with van der Waals surface area (Å²) in [6.45, 7) is 0. The van der Waals surface area contributed by atoms with Crippen LogP contribution in [0.2, 0.25) is 0 Å². The van der Waals surface area contributed by atoms with Crippen LogP contribution in [0, 0.1) is 0 Å². The molecule has 9 nitrogen and oxygen atoms in total. The second-order valence-electron chi connectivity index (χ2n) is 9.16. The number of amides is 2. The lowest BCUT2D eigenvalue weighted by Gasteiger charge is -2.20. The van der Waals surface area contributed by atoms with Crippen molar-refractivity contribution >= 4 is 47.3 Å². The fourth-order valence-electron chi connectivity index (χ4n) is 4.03. The summed E-state index contributed by atoms with van der Waals surface area (Å²) in [5, 5.41) is 27.9. The molecule has 4 aromatic carbocycles. The molecule has 0 heterocycles. The van der Waals surface area contributed by atoms with Gasteiger partial charge in [0.25, 0.3) is 11.8 Å². The van der Waals surface area contributed by atoms with E-state index in [1.54, 1.807) is 68.7 Å². The maximum absolute atomic E-state index is 13.1. The van der Waals surface area contributed by atoms with Gasteiger partial charge in [-0.1, -0.05) is 30.4 Å². The standard InChI is InChI=1S/C32H26N2O7/c1-33(25-14-5-20(6-15-25)3-4-21-7-18-28(35)27(19-21)32(40)41)30(37)23-12-16-26(17-13-23)34(2)29(36)22-8-10-24(11-9-22)31(38)39/h3-19,35H,1-2H3,(H,38,39)(H,40,41)/b4-3+. The van der Waals surface area contributed by atoms with Crippen LogP contribution in [0.15, 0.2) is 91.0 Å². The number of aromatic hydroxyl groups is 1. The molecule has 41 heavy (non-hydrogen) atoms. The highest BCUT2D eigenvalue weighted by molar-refractivity contribution is 6.08. The molecule has 0 aliphatic rings. The van der Waals surface area contributed by atoms with E-state index >= 15 is 0 Å². The molecule has 0 saturated heterocycles. The number of hydrogen-bond donors (Lipinski definition) is 3. The van der Waals surface area contributed by atoms with E-state index in [0.717, 1.165) is 5.56 Å². The van der Waals surface area contributed by atoms with Crippen LogP contribution in [0.25, 0.3) is 12.2 Å². The quantitative estimate of drug-likeness (QED) is 0.246. The van der Waals surface area contributed by atoms with Gasteiger partial charge in [0.2, 0.25) is 0 Å². The normalized spacial score (nSPS) is 10.8. The van der Waals surface area contributed by atoms with Crippen molar-refractivity contribution in [2.45, 2.75) is 0 Å². The first-order valence-corrected chi connectivity index (χ1v) is 12.4. The number of phenols is 1. The smallest absolute Gasteiger partial charge is 0.339 e. The third-order valence-electron chi connectivity index (χ3n) is 6.49. The fourth-order valence-corrected chi connectivity index (χ4v) is 4.03. The number of aromatic carboxylic acids is 2. The van der Waals surface area contributed by atoms with Crippen LogP contribution in [-0.2, 0) is 0 Å². The van der Waals surface area contributed by atoms with Gasteiger partial charge in [-0.15, -0.1) is 0 Å². The minimum Gasteiger partial charge on any atom is -0.507 e. The van der Waals surface area contributed by atoms with Crippen molar-refractivity contribution in [2.75, 3.05) is 23.9 Å². The van der Waals surface area contributed by atoms with Gasteiger partial charge in [-0.25, -0.2) is 9.59 Å². The summed E-state index contributed by atoms with van der Waals surface area (Å²) in [7, 11) is 3.25. The Morgan fingerprint density at radius 1 is 0.561 bits per heavy atom. The third-order valence-corrected chi connectivity index (χ3v) is 6.49. The molecular weight excluding hydrogens is 524 g/mol. The number of rotatable bonds is 8. The van der Waals surface area contributed by atoms with Gasteiger partial charge in [-0.2, -0.15) is 0 Å². The van der Waals surface area contributed by atoms with Crippen LogP contribution in [0.5, 0.6) is 5.75 Å². The molecule has 4 aromatic rings. The maximum atomic E-state index is 13.1. The van der Waals surface area contributed by atoms with Crippen LogP contribution in [0.3, 0.4) is 0 Å². The topological polar surface area (TPSA) is 135 Å². The van der Waals surface area contributed by atoms with Crippen molar-refractivity contribution in [3.8, 4) is 5.75 Å². The van der Waals surface area contributed by atoms with Crippen molar-refractivity contribution in [3.63, 3.8) is 0 Å². The number of carbonyl (C=O) groups is 4. The molecule has 3 N–H and O–H groups in total. The number of carboxylic acids is 2. The summed E-state index contributed by atoms with van der Waals surface area (Å²) >= 11 is 0. The van der Waals surface area contributed by atoms with E-state index in [-0.39, 0.29) is 28.7 Å². The SMILES string of the molecule is CN(C(=O)c1ccc(N(C)C(=O)c2ccc(C(=O)O)cc2)cc1)c1ccc(/C=C/c2ccc(O)c(C(=O)O)c2)cc1. The first-order valence-electron chi connectivity index (χ1n) is 12.4. The van der Waals surface area contributed by atoms with E-state index in [1.165, 1.54) is 46.2 Å². The average Bonchev–Trinajstić information content (AvgIpc) is 2.99. The van der Waals surface area contributed by atoms with Crippen LogP contribution in [0.4, 0.5) is 11.4 Å². The molecule has 0 bridgehead atoms. The van der Waals surface area contributed by atoms with E-state index in [9.17, 15) is 24.3 Å². The van der Waals surface area contributed by atoms with Gasteiger partial charge in [-0.3, -0.25) is 9.59 Å². The first kappa shape index (κ1) is 28.3. The summed E-state index contributed by atoms with van der Waals surface area (Å²) in [5.41, 5.74) is 3.34. The number of carbonyl (C=O) groups excluding carboxylic acids is 2. The summed E-state index contributed by atoms with van der Waals surface area (Å²) < 4.78 is 0. The Bertz CT molecular complexity index is 1640. The number of hydrogen-bond acceptors (Lipinski definition) is 5. The largest absolute Gasteiger partial charge is 0.507 e. The monoisotopic (exact) mass is 550 g/mol. The molecule has 0 fully saturated rings. The van der Waals surface area contributed by atoms with Gasteiger partial charge in [0, 0.05) is 36.6 Å². The summed E-state index contributed by atoms with van der Waals surface area (Å²) in [4.78, 5) is 51.1. The lowest BCUT2D eigenvalue weighted by atomic mass is 10.1. The molecule has 0 unspecified atom stereocenters. The molecule has 0 saturated carbocycles. The molecule has 9 heteroatoms. The Labute approximate surface area is 235 Å². The van der Waals surface area contributed by atoms with Crippen molar-refractivity contribution in [3.05, 3.63) is 124 Å². The third kappa shape index (κ3) is 6.48. The van der Waals surface area contributed by atoms with Crippen LogP contribution >= 0.6 is 0 Å². The molecule has 0 atom stereocenters. The van der Waals surface area contributed by atoms with Gasteiger partial charge >= 0.3 is 11.9 Å². The zero-order chi connectivity index (χ0) is 29.7. The molecule has 4 rings (SSSR count). The van der Waals surface area contributed by atoms with Crippen LogP contribution < -0.4 is 9.80 Å². The van der Waals surface area contributed by atoms with Gasteiger partial charge in [0.05, 0.1) is 5.56 Å². The summed E-state index contributed by atoms with van der Waals surface area (Å²) in [5.74, 6) is -3.15. The number of anilines is 2. The molecular formula is C32H26N2O7. The molecule has 2 amide bonds. The van der Waals surface area contributed by atoms with E-state index in [2.05, 4.69) is 0 Å².